The Labute approximate surface area is 150 Å². The second-order valence-electron chi connectivity index (χ2n) is 5.87. The van der Waals surface area contributed by atoms with E-state index in [1.165, 1.54) is 6.92 Å². The predicted octanol–water partition coefficient (Wildman–Crippen LogP) is 3.72. The molecule has 6 heteroatoms. The van der Waals surface area contributed by atoms with Gasteiger partial charge in [-0.2, -0.15) is 0 Å². The van der Waals surface area contributed by atoms with E-state index in [4.69, 9.17) is 14.2 Å². The van der Waals surface area contributed by atoms with Crippen LogP contribution >= 0.6 is 0 Å². The molecule has 0 heterocycles. The molecule has 0 spiro atoms. The van der Waals surface area contributed by atoms with Crippen LogP contribution in [0.1, 0.15) is 72.1 Å². The second-order valence-corrected chi connectivity index (χ2v) is 5.87. The van der Waals surface area contributed by atoms with Crippen LogP contribution in [-0.2, 0) is 28.6 Å². The van der Waals surface area contributed by atoms with E-state index in [0.29, 0.717) is 13.2 Å². The van der Waals surface area contributed by atoms with Gasteiger partial charge in [0, 0.05) is 12.2 Å². The van der Waals surface area contributed by atoms with Crippen molar-refractivity contribution in [2.24, 2.45) is 0 Å². The molecule has 0 rings (SSSR count). The number of rotatable bonds is 14. The maximum absolute atomic E-state index is 11.7. The van der Waals surface area contributed by atoms with Crippen molar-refractivity contribution in [3.63, 3.8) is 0 Å². The Balaban J connectivity index is 3.90. The van der Waals surface area contributed by atoms with Gasteiger partial charge in [-0.15, -0.1) is 0 Å². The van der Waals surface area contributed by atoms with E-state index in [-0.39, 0.29) is 0 Å². The number of carbonyl (C=O) groups excluding carboxylic acids is 3. The van der Waals surface area contributed by atoms with Gasteiger partial charge in [0.2, 0.25) is 0 Å². The summed E-state index contributed by atoms with van der Waals surface area (Å²) in [6.45, 7) is 6.29. The van der Waals surface area contributed by atoms with Crippen molar-refractivity contribution in [2.75, 3.05) is 13.2 Å². The van der Waals surface area contributed by atoms with E-state index >= 15 is 0 Å². The first-order chi connectivity index (χ1) is 12.0. The molecule has 0 N–H and O–H groups in total. The normalized spacial score (nSPS) is 12.0. The van der Waals surface area contributed by atoms with Crippen LogP contribution in [0.5, 0.6) is 0 Å². The zero-order valence-electron chi connectivity index (χ0n) is 15.8. The van der Waals surface area contributed by atoms with Gasteiger partial charge >= 0.3 is 17.9 Å². The average molecular weight is 356 g/mol. The minimum atomic E-state index is -1.01. The molecule has 0 fully saturated rings. The Morgan fingerprint density at radius 2 is 1.28 bits per heavy atom. The van der Waals surface area contributed by atoms with Crippen LogP contribution in [0.3, 0.4) is 0 Å². The molecule has 0 aromatic rings. The average Bonchev–Trinajstić information content (AvgIpc) is 2.59. The number of hydrogen-bond donors (Lipinski definition) is 0. The molecule has 1 unspecified atom stereocenters. The Kier molecular flexibility index (Phi) is 14.5. The monoisotopic (exact) mass is 356 g/mol. The van der Waals surface area contributed by atoms with Crippen LogP contribution in [0.15, 0.2) is 12.2 Å². The first kappa shape index (κ1) is 23.1. The van der Waals surface area contributed by atoms with Gasteiger partial charge in [-0.05, 0) is 19.8 Å². The molecule has 1 atom stereocenters. The lowest BCUT2D eigenvalue weighted by Gasteiger charge is -2.11. The van der Waals surface area contributed by atoms with Gasteiger partial charge in [0.05, 0.1) is 13.2 Å². The molecule has 0 amide bonds. The Bertz CT molecular complexity index is 416. The van der Waals surface area contributed by atoms with E-state index < -0.39 is 24.0 Å². The van der Waals surface area contributed by atoms with Crippen molar-refractivity contribution in [1.82, 2.24) is 0 Å². The summed E-state index contributed by atoms with van der Waals surface area (Å²) in [5, 5.41) is 0. The summed E-state index contributed by atoms with van der Waals surface area (Å²) in [4.78, 5) is 34.6. The van der Waals surface area contributed by atoms with Crippen molar-refractivity contribution in [3.8, 4) is 0 Å². The Morgan fingerprint density at radius 1 is 0.760 bits per heavy atom. The lowest BCUT2D eigenvalue weighted by atomic mass is 10.2. The molecule has 0 aliphatic carbocycles. The topological polar surface area (TPSA) is 78.9 Å². The Morgan fingerprint density at radius 3 is 1.84 bits per heavy atom. The van der Waals surface area contributed by atoms with Gasteiger partial charge in [0.25, 0.3) is 0 Å². The van der Waals surface area contributed by atoms with E-state index in [9.17, 15) is 14.4 Å². The zero-order chi connectivity index (χ0) is 18.9. The van der Waals surface area contributed by atoms with Crippen LogP contribution in [0.25, 0.3) is 0 Å². The highest BCUT2D eigenvalue weighted by Gasteiger charge is 2.18. The van der Waals surface area contributed by atoms with Gasteiger partial charge in [-0.1, -0.05) is 52.4 Å². The quantitative estimate of drug-likeness (QED) is 0.204. The molecule has 0 bridgehead atoms. The number of esters is 3. The lowest BCUT2D eigenvalue weighted by molar-refractivity contribution is -0.163. The highest BCUT2D eigenvalue weighted by Crippen LogP contribution is 2.02. The summed E-state index contributed by atoms with van der Waals surface area (Å²) in [6.07, 6.45) is 8.98. The van der Waals surface area contributed by atoms with Crippen molar-refractivity contribution in [3.05, 3.63) is 12.2 Å². The van der Waals surface area contributed by atoms with Gasteiger partial charge in [0.15, 0.2) is 6.10 Å². The molecule has 0 aromatic carbocycles. The third-order valence-corrected chi connectivity index (χ3v) is 3.46. The van der Waals surface area contributed by atoms with E-state index in [2.05, 4.69) is 13.8 Å². The molecule has 0 aromatic heterocycles. The summed E-state index contributed by atoms with van der Waals surface area (Å²) in [6, 6.07) is 0. The second kappa shape index (κ2) is 15.7. The molecular weight excluding hydrogens is 324 g/mol. The van der Waals surface area contributed by atoms with Gasteiger partial charge in [-0.25, -0.2) is 14.4 Å². The Hall–Kier alpha value is -1.85. The zero-order valence-corrected chi connectivity index (χ0v) is 15.8. The summed E-state index contributed by atoms with van der Waals surface area (Å²) in [5.74, 6) is -1.96. The molecule has 0 aliphatic rings. The number of hydrogen-bond acceptors (Lipinski definition) is 6. The fourth-order valence-corrected chi connectivity index (χ4v) is 1.97. The molecule has 0 radical (unpaired) electrons. The molecule has 0 saturated carbocycles. The van der Waals surface area contributed by atoms with Crippen LogP contribution in [0.2, 0.25) is 0 Å². The van der Waals surface area contributed by atoms with Crippen LogP contribution in [0, 0.1) is 0 Å². The van der Waals surface area contributed by atoms with Crippen molar-refractivity contribution in [2.45, 2.75) is 78.2 Å². The molecule has 144 valence electrons. The maximum atomic E-state index is 11.7. The minimum Gasteiger partial charge on any atom is -0.463 e. The molecule has 6 nitrogen and oxygen atoms in total. The van der Waals surface area contributed by atoms with Gasteiger partial charge in [0.1, 0.15) is 0 Å². The fraction of sp³-hybridized carbons (Fsp3) is 0.737. The smallest absolute Gasteiger partial charge is 0.347 e. The first-order valence-electron chi connectivity index (χ1n) is 9.23. The summed E-state index contributed by atoms with van der Waals surface area (Å²) < 4.78 is 14.9. The third-order valence-electron chi connectivity index (χ3n) is 3.46. The molecule has 25 heavy (non-hydrogen) atoms. The largest absolute Gasteiger partial charge is 0.463 e. The maximum Gasteiger partial charge on any atom is 0.347 e. The van der Waals surface area contributed by atoms with Crippen LogP contribution < -0.4 is 0 Å². The number of carbonyl (C=O) groups is 3. The molecule has 0 aliphatic heterocycles. The SMILES string of the molecule is CCCCCCOC(=O)/C=C/C(=O)OC(C)C(=O)OCCCCCC. The highest BCUT2D eigenvalue weighted by atomic mass is 16.6. The third kappa shape index (κ3) is 14.2. The van der Waals surface area contributed by atoms with Gasteiger partial charge in [-0.3, -0.25) is 0 Å². The van der Waals surface area contributed by atoms with Crippen molar-refractivity contribution < 1.29 is 28.6 Å². The number of ether oxygens (including phenoxy) is 3. The van der Waals surface area contributed by atoms with Crippen molar-refractivity contribution >= 4 is 17.9 Å². The van der Waals surface area contributed by atoms with Gasteiger partial charge < -0.3 is 14.2 Å². The first-order valence-corrected chi connectivity index (χ1v) is 9.23. The van der Waals surface area contributed by atoms with Crippen molar-refractivity contribution in [1.29, 1.82) is 0 Å². The van der Waals surface area contributed by atoms with Crippen LogP contribution in [-0.4, -0.2) is 37.2 Å². The fourth-order valence-electron chi connectivity index (χ4n) is 1.97. The highest BCUT2D eigenvalue weighted by molar-refractivity contribution is 5.92. The lowest BCUT2D eigenvalue weighted by Crippen LogP contribution is -2.26. The summed E-state index contributed by atoms with van der Waals surface area (Å²) in [5.41, 5.74) is 0. The summed E-state index contributed by atoms with van der Waals surface area (Å²) in [7, 11) is 0. The van der Waals surface area contributed by atoms with Crippen LogP contribution in [0.4, 0.5) is 0 Å². The van der Waals surface area contributed by atoms with E-state index in [1.54, 1.807) is 0 Å². The predicted molar refractivity (Wildman–Crippen MR) is 94.9 cm³/mol. The standard InChI is InChI=1S/C19H32O6/c1-4-6-8-10-14-23-17(20)12-13-18(21)25-16(3)19(22)24-15-11-9-7-5-2/h12-13,16H,4-11,14-15H2,1-3H3/b13-12+. The minimum absolute atomic E-state index is 0.320. The molecular formula is C19H32O6. The molecule has 0 saturated heterocycles. The van der Waals surface area contributed by atoms with E-state index in [1.807, 2.05) is 0 Å². The van der Waals surface area contributed by atoms with E-state index in [0.717, 1.165) is 63.5 Å². The summed E-state index contributed by atoms with van der Waals surface area (Å²) >= 11 is 0. The number of unbranched alkanes of at least 4 members (excludes halogenated alkanes) is 6.